The van der Waals surface area contributed by atoms with Crippen molar-refractivity contribution in [1.82, 2.24) is 0 Å². The number of hydrogen-bond acceptors (Lipinski definition) is 3. The third-order valence-corrected chi connectivity index (χ3v) is 2.85. The van der Waals surface area contributed by atoms with E-state index < -0.39 is 0 Å². The van der Waals surface area contributed by atoms with Gasteiger partial charge in [0.25, 0.3) is 0 Å². The van der Waals surface area contributed by atoms with Gasteiger partial charge in [0.15, 0.2) is 0 Å². The molecule has 3 nitrogen and oxygen atoms in total. The highest BCUT2D eigenvalue weighted by atomic mass is 16.3. The zero-order chi connectivity index (χ0) is 10.3. The number of rotatable bonds is 0. The predicted octanol–water partition coefficient (Wildman–Crippen LogP) is 0.570. The Morgan fingerprint density at radius 1 is 0.857 bits per heavy atom. The first kappa shape index (κ1) is 9.19. The normalized spacial score (nSPS) is 14.2. The summed E-state index contributed by atoms with van der Waals surface area (Å²) in [6.07, 6.45) is 0. The number of hydrogen-bond donors (Lipinski definition) is 1. The van der Waals surface area contributed by atoms with E-state index in [1.807, 2.05) is 20.8 Å². The average Bonchev–Trinajstić information content (AvgIpc) is 2.23. The Morgan fingerprint density at radius 2 is 1.36 bits per heavy atom. The topological polar surface area (TPSA) is 45.0 Å². The summed E-state index contributed by atoms with van der Waals surface area (Å²) in [6.45, 7) is 7.29. The number of nitrogens with zero attached hydrogens (tertiary/aromatic N) is 2. The van der Waals surface area contributed by atoms with Crippen LogP contribution in [0.5, 0.6) is 5.75 Å². The second kappa shape index (κ2) is 3.08. The fraction of sp³-hybridized carbons (Fsp3) is 0.455. The molecule has 0 atom stereocenters. The van der Waals surface area contributed by atoms with Crippen LogP contribution in [0.1, 0.15) is 16.7 Å². The lowest BCUT2D eigenvalue weighted by Crippen LogP contribution is -2.35. The number of benzene rings is 1. The van der Waals surface area contributed by atoms with Crippen LogP contribution in [0.4, 0.5) is 0 Å². The Labute approximate surface area is 82.8 Å². The van der Waals surface area contributed by atoms with Gasteiger partial charge in [0.1, 0.15) is 5.75 Å². The van der Waals surface area contributed by atoms with Gasteiger partial charge in [-0.25, -0.2) is 0 Å². The van der Waals surface area contributed by atoms with Crippen molar-refractivity contribution in [2.24, 2.45) is 9.98 Å². The van der Waals surface area contributed by atoms with E-state index in [0.717, 1.165) is 40.5 Å². The van der Waals surface area contributed by atoms with Crippen molar-refractivity contribution in [3.05, 3.63) is 27.4 Å². The number of fused-ring (bicyclic) bond motifs is 1. The van der Waals surface area contributed by atoms with E-state index in [1.54, 1.807) is 0 Å². The summed E-state index contributed by atoms with van der Waals surface area (Å²) in [5, 5.41) is 11.7. The highest BCUT2D eigenvalue weighted by Gasteiger charge is 2.11. The second-order valence-corrected chi connectivity index (χ2v) is 3.68. The van der Waals surface area contributed by atoms with Gasteiger partial charge in [0.05, 0.1) is 23.8 Å². The molecular formula is C11H14N2O. The van der Waals surface area contributed by atoms with Crippen LogP contribution in [-0.2, 0) is 0 Å². The zero-order valence-electron chi connectivity index (χ0n) is 8.76. The van der Waals surface area contributed by atoms with Gasteiger partial charge in [-0.05, 0) is 31.9 Å². The molecule has 14 heavy (non-hydrogen) atoms. The third-order valence-electron chi connectivity index (χ3n) is 2.85. The minimum atomic E-state index is 0.363. The van der Waals surface area contributed by atoms with Gasteiger partial charge in [-0.1, -0.05) is 0 Å². The van der Waals surface area contributed by atoms with Crippen LogP contribution < -0.4 is 10.7 Å². The Morgan fingerprint density at radius 3 is 1.93 bits per heavy atom. The Balaban J connectivity index is 3.01. The molecule has 1 aromatic carbocycles. The van der Waals surface area contributed by atoms with Crippen LogP contribution in [0.25, 0.3) is 0 Å². The Bertz CT molecular complexity index is 456. The molecule has 1 heterocycles. The number of aromatic hydroxyl groups is 1. The van der Waals surface area contributed by atoms with Crippen LogP contribution >= 0.6 is 0 Å². The lowest BCUT2D eigenvalue weighted by molar-refractivity contribution is 0.464. The number of phenolic OH excluding ortho intramolecular Hbond substituents is 1. The van der Waals surface area contributed by atoms with Crippen LogP contribution in [-0.4, -0.2) is 18.2 Å². The molecule has 3 heteroatoms. The standard InChI is InChI=1S/C11H14N2O/c1-6-7(2)11(14)8(3)10-9(6)12-4-5-13-10/h14H,4-5H2,1-3H3. The van der Waals surface area contributed by atoms with E-state index in [0.29, 0.717) is 5.75 Å². The van der Waals surface area contributed by atoms with Gasteiger partial charge in [-0.2, -0.15) is 0 Å². The molecule has 2 rings (SSSR count). The van der Waals surface area contributed by atoms with Crippen molar-refractivity contribution >= 4 is 0 Å². The maximum absolute atomic E-state index is 9.84. The molecule has 1 N–H and O–H groups in total. The lowest BCUT2D eigenvalue weighted by atomic mass is 10.0. The van der Waals surface area contributed by atoms with Crippen molar-refractivity contribution in [2.45, 2.75) is 20.8 Å². The lowest BCUT2D eigenvalue weighted by Gasteiger charge is -2.10. The average molecular weight is 190 g/mol. The fourth-order valence-electron chi connectivity index (χ4n) is 1.81. The van der Waals surface area contributed by atoms with Crippen LogP contribution in [0.2, 0.25) is 0 Å². The highest BCUT2D eigenvalue weighted by molar-refractivity contribution is 5.43. The summed E-state index contributed by atoms with van der Waals surface area (Å²) in [4.78, 5) is 8.85. The van der Waals surface area contributed by atoms with E-state index >= 15 is 0 Å². The molecule has 0 saturated carbocycles. The molecule has 0 saturated heterocycles. The van der Waals surface area contributed by atoms with E-state index in [1.165, 1.54) is 0 Å². The largest absolute Gasteiger partial charge is 0.507 e. The maximum atomic E-state index is 9.84. The summed E-state index contributed by atoms with van der Waals surface area (Å²) in [5.41, 5.74) is 2.82. The zero-order valence-corrected chi connectivity index (χ0v) is 8.76. The minimum Gasteiger partial charge on any atom is -0.507 e. The van der Waals surface area contributed by atoms with Gasteiger partial charge in [0.2, 0.25) is 0 Å². The monoisotopic (exact) mass is 190 g/mol. The first-order chi connectivity index (χ1) is 6.63. The molecule has 1 aliphatic heterocycles. The maximum Gasteiger partial charge on any atom is 0.123 e. The van der Waals surface area contributed by atoms with Gasteiger partial charge < -0.3 is 5.11 Å². The van der Waals surface area contributed by atoms with Crippen LogP contribution in [0, 0.1) is 20.8 Å². The molecule has 0 amide bonds. The molecule has 1 aromatic rings. The third kappa shape index (κ3) is 1.12. The minimum absolute atomic E-state index is 0.363. The predicted molar refractivity (Wildman–Crippen MR) is 54.4 cm³/mol. The van der Waals surface area contributed by atoms with E-state index in [9.17, 15) is 5.11 Å². The molecule has 0 radical (unpaired) electrons. The van der Waals surface area contributed by atoms with Gasteiger partial charge in [-0.3, -0.25) is 9.98 Å². The first-order valence-corrected chi connectivity index (χ1v) is 4.80. The number of phenols is 1. The molecule has 0 unspecified atom stereocenters. The summed E-state index contributed by atoms with van der Waals surface area (Å²) < 4.78 is 0. The molecule has 74 valence electrons. The van der Waals surface area contributed by atoms with Crippen molar-refractivity contribution < 1.29 is 5.11 Å². The highest BCUT2D eigenvalue weighted by Crippen LogP contribution is 2.18. The summed E-state index contributed by atoms with van der Waals surface area (Å²) in [6, 6.07) is 0. The van der Waals surface area contributed by atoms with E-state index in [-0.39, 0.29) is 0 Å². The molecule has 0 aromatic heterocycles. The van der Waals surface area contributed by atoms with Crippen molar-refractivity contribution in [3.63, 3.8) is 0 Å². The SMILES string of the molecule is Cc1c(O)c(C)c2c(c1C)=NCCN=2. The Kier molecular flexibility index (Phi) is 2.02. The fourth-order valence-corrected chi connectivity index (χ4v) is 1.81. The van der Waals surface area contributed by atoms with Crippen LogP contribution in [0.15, 0.2) is 9.98 Å². The molecular weight excluding hydrogens is 176 g/mol. The van der Waals surface area contributed by atoms with Gasteiger partial charge in [-0.15, -0.1) is 0 Å². The summed E-state index contributed by atoms with van der Waals surface area (Å²) in [7, 11) is 0. The van der Waals surface area contributed by atoms with Crippen molar-refractivity contribution in [1.29, 1.82) is 0 Å². The van der Waals surface area contributed by atoms with Gasteiger partial charge in [0, 0.05) is 5.56 Å². The summed E-state index contributed by atoms with van der Waals surface area (Å²) >= 11 is 0. The Hall–Kier alpha value is -1.38. The first-order valence-electron chi connectivity index (χ1n) is 4.80. The van der Waals surface area contributed by atoms with Gasteiger partial charge >= 0.3 is 0 Å². The smallest absolute Gasteiger partial charge is 0.123 e. The molecule has 1 aliphatic rings. The summed E-state index contributed by atoms with van der Waals surface area (Å²) in [5.74, 6) is 0.363. The molecule has 0 bridgehead atoms. The quantitative estimate of drug-likeness (QED) is 0.638. The van der Waals surface area contributed by atoms with E-state index in [2.05, 4.69) is 9.98 Å². The molecule has 0 fully saturated rings. The second-order valence-electron chi connectivity index (χ2n) is 3.68. The van der Waals surface area contributed by atoms with Crippen molar-refractivity contribution in [3.8, 4) is 5.75 Å². The van der Waals surface area contributed by atoms with Crippen LogP contribution in [0.3, 0.4) is 0 Å². The molecule has 0 spiro atoms. The molecule has 0 aliphatic carbocycles. The van der Waals surface area contributed by atoms with Crippen molar-refractivity contribution in [2.75, 3.05) is 13.1 Å². The van der Waals surface area contributed by atoms with E-state index in [4.69, 9.17) is 0 Å².